The van der Waals surface area contributed by atoms with Crippen LogP contribution in [0.3, 0.4) is 0 Å². The highest BCUT2D eigenvalue weighted by Gasteiger charge is 2.32. The standard InChI is InChI=1S/C15H15ClN4O2/c1-20(15(22)9-2-3-9)8-13(21)18-12-5-4-10-6-11(16)7-17-14(10)19-12/h4-7,9H,2-3,8H2,1H3,(H,17,18,19,21). The highest BCUT2D eigenvalue weighted by atomic mass is 35.5. The minimum absolute atomic E-state index is 0.0170. The topological polar surface area (TPSA) is 75.2 Å². The average molecular weight is 319 g/mol. The van der Waals surface area contributed by atoms with Crippen molar-refractivity contribution in [2.24, 2.45) is 5.92 Å². The molecule has 0 bridgehead atoms. The zero-order chi connectivity index (χ0) is 15.7. The van der Waals surface area contributed by atoms with Gasteiger partial charge in [-0.2, -0.15) is 0 Å². The Bertz CT molecular complexity index is 745. The zero-order valence-corrected chi connectivity index (χ0v) is 12.8. The molecule has 1 fully saturated rings. The van der Waals surface area contributed by atoms with E-state index in [1.165, 1.54) is 11.1 Å². The number of carbonyl (C=O) groups excluding carboxylic acids is 2. The van der Waals surface area contributed by atoms with E-state index in [0.717, 1.165) is 18.2 Å². The van der Waals surface area contributed by atoms with E-state index >= 15 is 0 Å². The van der Waals surface area contributed by atoms with Crippen molar-refractivity contribution >= 4 is 40.3 Å². The van der Waals surface area contributed by atoms with Crippen molar-refractivity contribution in [2.45, 2.75) is 12.8 Å². The molecule has 1 saturated carbocycles. The lowest BCUT2D eigenvalue weighted by atomic mass is 10.3. The molecule has 0 aromatic carbocycles. The summed E-state index contributed by atoms with van der Waals surface area (Å²) >= 11 is 5.86. The highest BCUT2D eigenvalue weighted by Crippen LogP contribution is 2.30. The van der Waals surface area contributed by atoms with Gasteiger partial charge in [-0.1, -0.05) is 11.6 Å². The normalized spacial score (nSPS) is 13.9. The Morgan fingerprint density at radius 2 is 2.18 bits per heavy atom. The minimum Gasteiger partial charge on any atom is -0.336 e. The monoisotopic (exact) mass is 318 g/mol. The second kappa shape index (κ2) is 5.88. The molecule has 0 saturated heterocycles. The molecule has 2 aromatic heterocycles. The van der Waals surface area contributed by atoms with Gasteiger partial charge in [0.15, 0.2) is 5.65 Å². The number of fused-ring (bicyclic) bond motifs is 1. The molecule has 0 atom stereocenters. The lowest BCUT2D eigenvalue weighted by molar-refractivity contribution is -0.134. The third kappa shape index (κ3) is 3.33. The fourth-order valence-corrected chi connectivity index (χ4v) is 2.34. The Labute approximate surface area is 132 Å². The van der Waals surface area contributed by atoms with Crippen LogP contribution >= 0.6 is 11.6 Å². The number of halogens is 1. The number of nitrogens with one attached hydrogen (secondary N) is 1. The number of pyridine rings is 2. The fourth-order valence-electron chi connectivity index (χ4n) is 2.17. The number of rotatable bonds is 4. The van der Waals surface area contributed by atoms with Crippen LogP contribution in [0.25, 0.3) is 11.0 Å². The summed E-state index contributed by atoms with van der Waals surface area (Å²) < 4.78 is 0. The third-order valence-corrected chi connectivity index (χ3v) is 3.67. The van der Waals surface area contributed by atoms with Crippen molar-refractivity contribution < 1.29 is 9.59 Å². The summed E-state index contributed by atoms with van der Waals surface area (Å²) in [5.41, 5.74) is 0.504. The molecule has 1 aliphatic rings. The van der Waals surface area contributed by atoms with E-state index in [0.29, 0.717) is 16.5 Å². The SMILES string of the molecule is CN(CC(=O)Nc1ccc2cc(Cl)cnc2n1)C(=O)C1CC1. The first-order valence-electron chi connectivity index (χ1n) is 7.00. The molecule has 1 aliphatic carbocycles. The molecule has 1 N–H and O–H groups in total. The first-order chi connectivity index (χ1) is 10.5. The van der Waals surface area contributed by atoms with Gasteiger partial charge in [-0.3, -0.25) is 9.59 Å². The number of hydrogen-bond donors (Lipinski definition) is 1. The van der Waals surface area contributed by atoms with Gasteiger partial charge >= 0.3 is 0 Å². The van der Waals surface area contributed by atoms with E-state index in [2.05, 4.69) is 15.3 Å². The average Bonchev–Trinajstić information content (AvgIpc) is 3.31. The summed E-state index contributed by atoms with van der Waals surface area (Å²) in [4.78, 5) is 33.6. The third-order valence-electron chi connectivity index (χ3n) is 3.46. The summed E-state index contributed by atoms with van der Waals surface area (Å²) in [7, 11) is 1.64. The van der Waals surface area contributed by atoms with Crippen LogP contribution in [-0.2, 0) is 9.59 Å². The second-order valence-electron chi connectivity index (χ2n) is 5.41. The van der Waals surface area contributed by atoms with E-state index < -0.39 is 0 Å². The van der Waals surface area contributed by atoms with Gasteiger partial charge in [0, 0.05) is 24.5 Å². The van der Waals surface area contributed by atoms with Gasteiger partial charge in [0.05, 0.1) is 11.6 Å². The molecule has 0 unspecified atom stereocenters. The Morgan fingerprint density at radius 1 is 1.41 bits per heavy atom. The number of anilines is 1. The van der Waals surface area contributed by atoms with Crippen LogP contribution in [0.1, 0.15) is 12.8 Å². The Kier molecular flexibility index (Phi) is 3.94. The van der Waals surface area contributed by atoms with E-state index in [1.807, 2.05) is 0 Å². The Balaban J connectivity index is 1.65. The molecule has 0 aliphatic heterocycles. The predicted molar refractivity (Wildman–Crippen MR) is 83.5 cm³/mol. The van der Waals surface area contributed by atoms with Crippen molar-refractivity contribution in [1.82, 2.24) is 14.9 Å². The lowest BCUT2D eigenvalue weighted by Crippen LogP contribution is -2.35. The first-order valence-corrected chi connectivity index (χ1v) is 7.38. The maximum absolute atomic E-state index is 12.0. The summed E-state index contributed by atoms with van der Waals surface area (Å²) in [5, 5.41) is 4.01. The molecule has 3 rings (SSSR count). The second-order valence-corrected chi connectivity index (χ2v) is 5.85. The van der Waals surface area contributed by atoms with E-state index in [1.54, 1.807) is 25.2 Å². The molecule has 0 radical (unpaired) electrons. The molecular weight excluding hydrogens is 304 g/mol. The van der Waals surface area contributed by atoms with Crippen molar-refractivity contribution in [3.63, 3.8) is 0 Å². The number of amides is 2. The van der Waals surface area contributed by atoms with Crippen LogP contribution in [0.2, 0.25) is 5.02 Å². The van der Waals surface area contributed by atoms with Crippen LogP contribution in [0.4, 0.5) is 5.82 Å². The van der Waals surface area contributed by atoms with E-state index in [-0.39, 0.29) is 24.3 Å². The number of likely N-dealkylation sites (N-methyl/N-ethyl adjacent to an activating group) is 1. The van der Waals surface area contributed by atoms with Crippen molar-refractivity contribution in [2.75, 3.05) is 18.9 Å². The number of aromatic nitrogens is 2. The van der Waals surface area contributed by atoms with Crippen molar-refractivity contribution in [1.29, 1.82) is 0 Å². The quantitative estimate of drug-likeness (QED) is 0.936. The van der Waals surface area contributed by atoms with Gasteiger partial charge < -0.3 is 10.2 Å². The van der Waals surface area contributed by atoms with Crippen LogP contribution in [0, 0.1) is 5.92 Å². The van der Waals surface area contributed by atoms with Crippen LogP contribution in [0.15, 0.2) is 24.4 Å². The molecular formula is C15H15ClN4O2. The van der Waals surface area contributed by atoms with Gasteiger partial charge in [-0.05, 0) is 31.0 Å². The molecule has 0 spiro atoms. The highest BCUT2D eigenvalue weighted by molar-refractivity contribution is 6.31. The number of carbonyl (C=O) groups is 2. The molecule has 114 valence electrons. The summed E-state index contributed by atoms with van der Waals surface area (Å²) in [5.74, 6) is 0.250. The molecule has 7 heteroatoms. The lowest BCUT2D eigenvalue weighted by Gasteiger charge is -2.16. The van der Waals surface area contributed by atoms with Gasteiger partial charge in [0.25, 0.3) is 0 Å². The van der Waals surface area contributed by atoms with Crippen molar-refractivity contribution in [3.8, 4) is 0 Å². The van der Waals surface area contributed by atoms with Crippen LogP contribution in [0.5, 0.6) is 0 Å². The minimum atomic E-state index is -0.280. The molecule has 6 nitrogen and oxygen atoms in total. The zero-order valence-electron chi connectivity index (χ0n) is 12.0. The fraction of sp³-hybridized carbons (Fsp3) is 0.333. The van der Waals surface area contributed by atoms with E-state index in [9.17, 15) is 9.59 Å². The van der Waals surface area contributed by atoms with Crippen LogP contribution < -0.4 is 5.32 Å². The number of hydrogen-bond acceptors (Lipinski definition) is 4. The van der Waals surface area contributed by atoms with Gasteiger partial charge in [-0.15, -0.1) is 0 Å². The summed E-state index contributed by atoms with van der Waals surface area (Å²) in [6, 6.07) is 5.22. The first kappa shape index (κ1) is 14.7. The maximum atomic E-state index is 12.0. The molecule has 2 amide bonds. The molecule has 22 heavy (non-hydrogen) atoms. The van der Waals surface area contributed by atoms with E-state index in [4.69, 9.17) is 11.6 Å². The predicted octanol–water partition coefficient (Wildman–Crippen LogP) is 2.09. The van der Waals surface area contributed by atoms with Gasteiger partial charge in [0.2, 0.25) is 11.8 Å². The number of nitrogens with zero attached hydrogens (tertiary/aromatic N) is 3. The maximum Gasteiger partial charge on any atom is 0.245 e. The summed E-state index contributed by atoms with van der Waals surface area (Å²) in [6.07, 6.45) is 3.35. The van der Waals surface area contributed by atoms with Gasteiger partial charge in [-0.25, -0.2) is 9.97 Å². The van der Waals surface area contributed by atoms with Crippen LogP contribution in [-0.4, -0.2) is 40.3 Å². The Hall–Kier alpha value is -2.21. The smallest absolute Gasteiger partial charge is 0.245 e. The molecule has 2 heterocycles. The van der Waals surface area contributed by atoms with Gasteiger partial charge in [0.1, 0.15) is 5.82 Å². The Morgan fingerprint density at radius 3 is 2.91 bits per heavy atom. The molecule has 2 aromatic rings. The van der Waals surface area contributed by atoms with Crippen molar-refractivity contribution in [3.05, 3.63) is 29.4 Å². The summed E-state index contributed by atoms with van der Waals surface area (Å²) in [6.45, 7) is 0.0170. The largest absolute Gasteiger partial charge is 0.336 e.